The molecular weight excluding hydrogens is 393 g/mol. The van der Waals surface area contributed by atoms with Crippen molar-refractivity contribution in [2.75, 3.05) is 0 Å². The minimum absolute atomic E-state index is 0.0130. The Morgan fingerprint density at radius 2 is 1.73 bits per heavy atom. The molecule has 0 saturated heterocycles. The lowest BCUT2D eigenvalue weighted by Gasteiger charge is -2.30. The third-order valence-corrected chi connectivity index (χ3v) is 8.52. The topological polar surface area (TPSA) is 63.2 Å². The van der Waals surface area contributed by atoms with E-state index in [1.807, 2.05) is 0 Å². The largest absolute Gasteiger partial charge is 0.353 e. The van der Waals surface area contributed by atoms with Gasteiger partial charge >= 0.3 is 0 Å². The lowest BCUT2D eigenvalue weighted by atomic mass is 9.87. The monoisotopic (exact) mass is 417 g/mol. The molecule has 2 unspecified atom stereocenters. The van der Waals surface area contributed by atoms with Gasteiger partial charge in [0.25, 0.3) is 0 Å². The van der Waals surface area contributed by atoms with Crippen LogP contribution in [0.5, 0.6) is 0 Å². The van der Waals surface area contributed by atoms with Crippen molar-refractivity contribution in [1.82, 2.24) is 5.32 Å². The second-order valence-corrected chi connectivity index (χ2v) is 10.5. The molecule has 2 aliphatic rings. The third-order valence-electron chi connectivity index (χ3n) is 5.59. The minimum atomic E-state index is -3.58. The van der Waals surface area contributed by atoms with Gasteiger partial charge in [-0.1, -0.05) is 48.9 Å². The Morgan fingerprint density at radius 1 is 1.00 bits per heavy atom. The Labute approximate surface area is 165 Å². The van der Waals surface area contributed by atoms with Gasteiger partial charge in [0.15, 0.2) is 9.84 Å². The van der Waals surface area contributed by atoms with Gasteiger partial charge in [-0.3, -0.25) is 4.79 Å². The maximum Gasteiger partial charge on any atom is 0.223 e. The van der Waals surface area contributed by atoms with E-state index in [4.69, 9.17) is 23.2 Å². The molecular formula is C19H25Cl2NO3S. The summed E-state index contributed by atoms with van der Waals surface area (Å²) in [5, 5.41) is 3.12. The highest BCUT2D eigenvalue weighted by Gasteiger charge is 2.37. The first kappa shape index (κ1) is 20.0. The van der Waals surface area contributed by atoms with Crippen molar-refractivity contribution in [2.24, 2.45) is 5.92 Å². The van der Waals surface area contributed by atoms with E-state index in [2.05, 4.69) is 5.32 Å². The first-order valence-corrected chi connectivity index (χ1v) is 11.7. The summed E-state index contributed by atoms with van der Waals surface area (Å²) in [7, 11) is -3.58. The molecule has 4 nitrogen and oxygen atoms in total. The number of nitrogens with one attached hydrogen (secondary N) is 1. The fourth-order valence-electron chi connectivity index (χ4n) is 4.12. The molecule has 2 atom stereocenters. The number of halogens is 2. The zero-order chi connectivity index (χ0) is 18.7. The number of carbonyl (C=O) groups excluding carboxylic acids is 1. The standard InChI is InChI=1S/C19H25Cl2NO3S/c20-14-9-10-18(17(21)12-14)26(24,25)16-8-4-5-13(11-16)19(23)22-15-6-2-1-3-7-15/h9-10,12-13,15-16H,1-8,11H2,(H,22,23). The summed E-state index contributed by atoms with van der Waals surface area (Å²) < 4.78 is 26.0. The molecule has 1 N–H and O–H groups in total. The molecule has 0 radical (unpaired) electrons. The lowest BCUT2D eigenvalue weighted by Crippen LogP contribution is -2.42. The second-order valence-electron chi connectivity index (χ2n) is 7.45. The number of benzene rings is 1. The van der Waals surface area contributed by atoms with E-state index in [0.717, 1.165) is 38.5 Å². The number of hydrogen-bond donors (Lipinski definition) is 1. The van der Waals surface area contributed by atoms with Gasteiger partial charge in [-0.15, -0.1) is 0 Å². The predicted octanol–water partition coefficient (Wildman–Crippen LogP) is 4.77. The van der Waals surface area contributed by atoms with Crippen molar-refractivity contribution in [3.63, 3.8) is 0 Å². The Hall–Kier alpha value is -0.780. The summed E-state index contributed by atoms with van der Waals surface area (Å²) in [6, 6.07) is 4.70. The molecule has 1 aromatic rings. The molecule has 3 rings (SSSR count). The average Bonchev–Trinajstić information content (AvgIpc) is 2.62. The average molecular weight is 418 g/mol. The molecule has 1 aromatic carbocycles. The Kier molecular flexibility index (Phi) is 6.52. The van der Waals surface area contributed by atoms with E-state index < -0.39 is 15.1 Å². The second kappa shape index (κ2) is 8.49. The number of amides is 1. The van der Waals surface area contributed by atoms with E-state index in [9.17, 15) is 13.2 Å². The summed E-state index contributed by atoms with van der Waals surface area (Å²) in [6.45, 7) is 0. The predicted molar refractivity (Wildman–Crippen MR) is 104 cm³/mol. The van der Waals surface area contributed by atoms with Crippen molar-refractivity contribution in [3.05, 3.63) is 28.2 Å². The summed E-state index contributed by atoms with van der Waals surface area (Å²) >= 11 is 12.0. The van der Waals surface area contributed by atoms with E-state index in [0.29, 0.717) is 17.9 Å². The fraction of sp³-hybridized carbons (Fsp3) is 0.632. The van der Waals surface area contributed by atoms with E-state index in [1.165, 1.54) is 24.6 Å². The first-order valence-electron chi connectivity index (χ1n) is 9.37. The Morgan fingerprint density at radius 3 is 2.42 bits per heavy atom. The zero-order valence-corrected chi connectivity index (χ0v) is 17.0. The molecule has 2 saturated carbocycles. The van der Waals surface area contributed by atoms with Crippen molar-refractivity contribution in [2.45, 2.75) is 74.0 Å². The van der Waals surface area contributed by atoms with Crippen LogP contribution in [0.1, 0.15) is 57.8 Å². The molecule has 0 heterocycles. The van der Waals surface area contributed by atoms with Crippen LogP contribution in [0, 0.1) is 5.92 Å². The molecule has 2 aliphatic carbocycles. The SMILES string of the molecule is O=C(NC1CCCCC1)C1CCCC(S(=O)(=O)c2ccc(Cl)cc2Cl)C1. The summed E-state index contributed by atoms with van der Waals surface area (Å²) in [4.78, 5) is 12.8. The van der Waals surface area contributed by atoms with Crippen LogP contribution in [0.3, 0.4) is 0 Å². The number of rotatable bonds is 4. The first-order chi connectivity index (χ1) is 12.4. The lowest BCUT2D eigenvalue weighted by molar-refractivity contribution is -0.126. The van der Waals surface area contributed by atoms with E-state index in [1.54, 1.807) is 0 Å². The minimum Gasteiger partial charge on any atom is -0.353 e. The van der Waals surface area contributed by atoms with Crippen LogP contribution < -0.4 is 5.32 Å². The van der Waals surface area contributed by atoms with E-state index in [-0.39, 0.29) is 27.8 Å². The van der Waals surface area contributed by atoms with Crippen LogP contribution in [-0.4, -0.2) is 25.6 Å². The highest BCUT2D eigenvalue weighted by Crippen LogP contribution is 2.35. The summed E-state index contributed by atoms with van der Waals surface area (Å²) in [5.41, 5.74) is 0. The van der Waals surface area contributed by atoms with Gasteiger partial charge < -0.3 is 5.32 Å². The summed E-state index contributed by atoms with van der Waals surface area (Å²) in [6.07, 6.45) is 8.01. The summed E-state index contributed by atoms with van der Waals surface area (Å²) in [5.74, 6) is -0.226. The normalized spacial score (nSPS) is 25.0. The van der Waals surface area contributed by atoms with Crippen LogP contribution in [0.2, 0.25) is 10.0 Å². The Bertz CT molecular complexity index is 760. The van der Waals surface area contributed by atoms with Crippen LogP contribution in [-0.2, 0) is 14.6 Å². The quantitative estimate of drug-likeness (QED) is 0.766. The smallest absolute Gasteiger partial charge is 0.223 e. The van der Waals surface area contributed by atoms with Crippen LogP contribution in [0.15, 0.2) is 23.1 Å². The van der Waals surface area contributed by atoms with Gasteiger partial charge in [0.05, 0.1) is 15.2 Å². The maximum atomic E-state index is 13.0. The zero-order valence-electron chi connectivity index (χ0n) is 14.7. The molecule has 144 valence electrons. The van der Waals surface area contributed by atoms with Gasteiger partial charge in [-0.25, -0.2) is 8.42 Å². The molecule has 7 heteroatoms. The van der Waals surface area contributed by atoms with Crippen molar-refractivity contribution in [3.8, 4) is 0 Å². The maximum absolute atomic E-state index is 13.0. The highest BCUT2D eigenvalue weighted by molar-refractivity contribution is 7.92. The van der Waals surface area contributed by atoms with E-state index >= 15 is 0 Å². The molecule has 0 bridgehead atoms. The highest BCUT2D eigenvalue weighted by atomic mass is 35.5. The number of sulfone groups is 1. The Balaban J connectivity index is 1.69. The molecule has 0 spiro atoms. The third kappa shape index (κ3) is 4.55. The van der Waals surface area contributed by atoms with Crippen LogP contribution >= 0.6 is 23.2 Å². The van der Waals surface area contributed by atoms with Gasteiger partial charge in [-0.05, 0) is 50.3 Å². The van der Waals surface area contributed by atoms with Crippen LogP contribution in [0.25, 0.3) is 0 Å². The number of hydrogen-bond acceptors (Lipinski definition) is 3. The molecule has 1 amide bonds. The molecule has 0 aliphatic heterocycles. The van der Waals surface area contributed by atoms with Crippen LogP contribution in [0.4, 0.5) is 0 Å². The van der Waals surface area contributed by atoms with Crippen molar-refractivity contribution < 1.29 is 13.2 Å². The van der Waals surface area contributed by atoms with Crippen molar-refractivity contribution in [1.29, 1.82) is 0 Å². The van der Waals surface area contributed by atoms with Gasteiger partial charge in [0, 0.05) is 17.0 Å². The number of carbonyl (C=O) groups is 1. The van der Waals surface area contributed by atoms with Crippen molar-refractivity contribution >= 4 is 38.9 Å². The molecule has 2 fully saturated rings. The van der Waals surface area contributed by atoms with Gasteiger partial charge in [-0.2, -0.15) is 0 Å². The molecule has 0 aromatic heterocycles. The van der Waals surface area contributed by atoms with Gasteiger partial charge in [0.2, 0.25) is 5.91 Å². The van der Waals surface area contributed by atoms with Gasteiger partial charge in [0.1, 0.15) is 0 Å². The molecule has 26 heavy (non-hydrogen) atoms. The fourth-order valence-corrected chi connectivity index (χ4v) is 6.76.